The highest BCUT2D eigenvalue weighted by Gasteiger charge is 2.31. The highest BCUT2D eigenvalue weighted by Crippen LogP contribution is 2.32. The molecule has 4 rings (SSSR count). The monoisotopic (exact) mass is 438 g/mol. The van der Waals surface area contributed by atoms with Crippen molar-refractivity contribution in [3.05, 3.63) is 70.4 Å². The average Bonchev–Trinajstić information content (AvgIpc) is 3.35. The lowest BCUT2D eigenvalue weighted by Crippen LogP contribution is -2.49. The van der Waals surface area contributed by atoms with Crippen LogP contribution in [0.25, 0.3) is 0 Å². The average molecular weight is 438 g/mol. The van der Waals surface area contributed by atoms with E-state index in [1.807, 2.05) is 0 Å². The van der Waals surface area contributed by atoms with E-state index in [9.17, 15) is 20.0 Å². The van der Waals surface area contributed by atoms with Gasteiger partial charge in [0.2, 0.25) is 11.6 Å². The van der Waals surface area contributed by atoms with Gasteiger partial charge in [0.1, 0.15) is 12.1 Å². The van der Waals surface area contributed by atoms with Crippen LogP contribution in [0.5, 0.6) is 5.75 Å². The third-order valence-electron chi connectivity index (χ3n) is 5.23. The van der Waals surface area contributed by atoms with E-state index in [2.05, 4.69) is 15.3 Å². The zero-order chi connectivity index (χ0) is 22.5. The number of aromatic nitrogens is 2. The summed E-state index contributed by atoms with van der Waals surface area (Å²) in [7, 11) is 0. The molecule has 0 bridgehead atoms. The first-order valence-electron chi connectivity index (χ1n) is 10.1. The third-order valence-corrected chi connectivity index (χ3v) is 5.23. The maximum absolute atomic E-state index is 12.4. The molecule has 3 heterocycles. The van der Waals surface area contributed by atoms with Crippen LogP contribution in [0.3, 0.4) is 0 Å². The summed E-state index contributed by atoms with van der Waals surface area (Å²) >= 11 is 0. The van der Waals surface area contributed by atoms with E-state index >= 15 is 0 Å². The summed E-state index contributed by atoms with van der Waals surface area (Å²) < 4.78 is 5.17. The highest BCUT2D eigenvalue weighted by atomic mass is 16.6. The van der Waals surface area contributed by atoms with Gasteiger partial charge in [0.25, 0.3) is 5.91 Å². The lowest BCUT2D eigenvalue weighted by atomic mass is 10.1. The molecule has 0 radical (unpaired) electrons. The topological polar surface area (TPSA) is 138 Å². The molecule has 1 aromatic carbocycles. The first kappa shape index (κ1) is 21.1. The Labute approximate surface area is 183 Å². The zero-order valence-corrected chi connectivity index (χ0v) is 17.2. The molecule has 2 aromatic heterocycles. The lowest BCUT2D eigenvalue weighted by molar-refractivity contribution is -0.383. The third kappa shape index (κ3) is 4.61. The summed E-state index contributed by atoms with van der Waals surface area (Å²) in [4.78, 5) is 35.5. The Morgan fingerprint density at radius 3 is 2.56 bits per heavy atom. The van der Waals surface area contributed by atoms with Crippen LogP contribution in [0.1, 0.15) is 16.1 Å². The molecular weight excluding hydrogens is 416 g/mol. The smallest absolute Gasteiger partial charge is 0.353 e. The second-order valence-electron chi connectivity index (χ2n) is 7.25. The lowest BCUT2D eigenvalue weighted by Gasteiger charge is -2.34. The number of anilines is 2. The van der Waals surface area contributed by atoms with Crippen LogP contribution in [-0.2, 0) is 6.42 Å². The van der Waals surface area contributed by atoms with Gasteiger partial charge in [-0.15, -0.1) is 0 Å². The number of nitrogens with one attached hydrogen (secondary N) is 1. The van der Waals surface area contributed by atoms with Crippen LogP contribution in [0.2, 0.25) is 0 Å². The molecule has 1 fully saturated rings. The molecule has 0 spiro atoms. The number of phenolic OH excluding ortho intramolecular Hbond substituents is 1. The molecule has 1 amide bonds. The van der Waals surface area contributed by atoms with E-state index in [4.69, 9.17) is 4.42 Å². The van der Waals surface area contributed by atoms with Crippen molar-refractivity contribution in [2.45, 2.75) is 6.42 Å². The minimum Gasteiger partial charge on any atom is -0.508 e. The number of nitrogens with zero attached hydrogens (tertiary/aromatic N) is 5. The second kappa shape index (κ2) is 9.33. The Balaban J connectivity index is 1.43. The number of furan rings is 1. The van der Waals surface area contributed by atoms with Crippen molar-refractivity contribution >= 4 is 23.2 Å². The van der Waals surface area contributed by atoms with Gasteiger partial charge in [-0.3, -0.25) is 14.9 Å². The Bertz CT molecular complexity index is 1080. The number of phenols is 1. The van der Waals surface area contributed by atoms with Gasteiger partial charge in [-0.25, -0.2) is 9.97 Å². The van der Waals surface area contributed by atoms with Crippen molar-refractivity contribution in [2.24, 2.45) is 0 Å². The minimum absolute atomic E-state index is 0.146. The number of rotatable bonds is 7. The normalized spacial score (nSPS) is 13.8. The van der Waals surface area contributed by atoms with Crippen molar-refractivity contribution in [1.82, 2.24) is 14.9 Å². The fourth-order valence-electron chi connectivity index (χ4n) is 3.56. The summed E-state index contributed by atoms with van der Waals surface area (Å²) in [6, 6.07) is 10.0. The number of hydrogen-bond acceptors (Lipinski definition) is 9. The Morgan fingerprint density at radius 2 is 1.91 bits per heavy atom. The molecule has 1 aliphatic rings. The van der Waals surface area contributed by atoms with Crippen molar-refractivity contribution in [2.75, 3.05) is 42.9 Å². The molecule has 1 saturated heterocycles. The molecule has 0 aliphatic carbocycles. The predicted molar refractivity (Wildman–Crippen MR) is 116 cm³/mol. The van der Waals surface area contributed by atoms with Crippen molar-refractivity contribution < 1.29 is 19.2 Å². The van der Waals surface area contributed by atoms with E-state index in [1.165, 1.54) is 12.6 Å². The zero-order valence-electron chi connectivity index (χ0n) is 17.2. The number of carbonyl (C=O) groups excluding carboxylic acids is 1. The number of nitro groups is 1. The Kier molecular flexibility index (Phi) is 6.15. The van der Waals surface area contributed by atoms with Gasteiger partial charge in [-0.05, 0) is 36.2 Å². The van der Waals surface area contributed by atoms with Crippen LogP contribution in [0.15, 0.2) is 53.4 Å². The molecule has 166 valence electrons. The quantitative estimate of drug-likeness (QED) is 0.420. The van der Waals surface area contributed by atoms with Gasteiger partial charge in [-0.2, -0.15) is 0 Å². The summed E-state index contributed by atoms with van der Waals surface area (Å²) in [6.45, 7) is 2.01. The van der Waals surface area contributed by atoms with Gasteiger partial charge in [0, 0.05) is 32.7 Å². The van der Waals surface area contributed by atoms with Gasteiger partial charge < -0.3 is 24.6 Å². The van der Waals surface area contributed by atoms with Crippen molar-refractivity contribution in [3.8, 4) is 5.75 Å². The predicted octanol–water partition coefficient (Wildman–Crippen LogP) is 2.30. The van der Waals surface area contributed by atoms with Crippen LogP contribution in [-0.4, -0.2) is 63.5 Å². The Morgan fingerprint density at radius 1 is 1.16 bits per heavy atom. The molecule has 0 atom stereocenters. The first-order chi connectivity index (χ1) is 15.5. The highest BCUT2D eigenvalue weighted by molar-refractivity contribution is 5.91. The number of piperazine rings is 1. The van der Waals surface area contributed by atoms with Gasteiger partial charge >= 0.3 is 5.69 Å². The molecule has 11 heteroatoms. The maximum Gasteiger partial charge on any atom is 0.353 e. The summed E-state index contributed by atoms with van der Waals surface area (Å²) in [6.07, 6.45) is 3.35. The summed E-state index contributed by atoms with van der Waals surface area (Å²) in [5.41, 5.74) is 0.786. The fourth-order valence-corrected chi connectivity index (χ4v) is 3.56. The van der Waals surface area contributed by atoms with E-state index in [1.54, 1.807) is 46.2 Å². The number of amides is 1. The van der Waals surface area contributed by atoms with Crippen molar-refractivity contribution in [3.63, 3.8) is 0 Å². The number of benzene rings is 1. The standard InChI is InChI=1S/C21H22N6O5/c28-16-5-3-15(4-6-16)7-8-22-19-18(27(30)31)20(24-14-23-19)25-9-11-26(12-10-25)21(29)17-2-1-13-32-17/h1-6,13-14,28H,7-12H2,(H,22,23,24). The van der Waals surface area contributed by atoms with Gasteiger partial charge in [-0.1, -0.05) is 12.1 Å². The summed E-state index contributed by atoms with van der Waals surface area (Å²) in [5, 5.41) is 24.2. The van der Waals surface area contributed by atoms with Gasteiger partial charge in [0.15, 0.2) is 5.76 Å². The van der Waals surface area contributed by atoms with Gasteiger partial charge in [0.05, 0.1) is 11.2 Å². The number of carbonyl (C=O) groups is 1. The second-order valence-corrected chi connectivity index (χ2v) is 7.25. The molecule has 0 unspecified atom stereocenters. The van der Waals surface area contributed by atoms with Crippen LogP contribution in [0, 0.1) is 10.1 Å². The van der Waals surface area contributed by atoms with E-state index in [0.29, 0.717) is 39.1 Å². The fraction of sp³-hybridized carbons (Fsp3) is 0.286. The van der Waals surface area contributed by atoms with E-state index in [0.717, 1.165) is 5.56 Å². The van der Waals surface area contributed by atoms with Crippen LogP contribution in [0.4, 0.5) is 17.3 Å². The summed E-state index contributed by atoms with van der Waals surface area (Å²) in [5.74, 6) is 0.619. The van der Waals surface area contributed by atoms with Crippen molar-refractivity contribution in [1.29, 1.82) is 0 Å². The molecule has 1 aliphatic heterocycles. The molecule has 2 N–H and O–H groups in total. The molecular formula is C21H22N6O5. The van der Waals surface area contributed by atoms with E-state index in [-0.39, 0.29) is 34.7 Å². The van der Waals surface area contributed by atoms with Crippen LogP contribution >= 0.6 is 0 Å². The molecule has 32 heavy (non-hydrogen) atoms. The number of aromatic hydroxyl groups is 1. The van der Waals surface area contributed by atoms with Crippen LogP contribution < -0.4 is 10.2 Å². The first-order valence-corrected chi connectivity index (χ1v) is 10.1. The maximum atomic E-state index is 12.4. The largest absolute Gasteiger partial charge is 0.508 e. The molecule has 3 aromatic rings. The number of hydrogen-bond donors (Lipinski definition) is 2. The SMILES string of the molecule is O=C(c1ccco1)N1CCN(c2ncnc(NCCc3ccc(O)cc3)c2[N+](=O)[O-])CC1. The Hall–Kier alpha value is -4.15. The van der Waals surface area contributed by atoms with E-state index < -0.39 is 4.92 Å². The molecule has 11 nitrogen and oxygen atoms in total. The molecule has 0 saturated carbocycles. The minimum atomic E-state index is -0.488.